The molecule has 1 aliphatic heterocycles. The number of hydrogen-bond donors (Lipinski definition) is 3. The van der Waals surface area contributed by atoms with Crippen LogP contribution in [0.25, 0.3) is 0 Å². The van der Waals surface area contributed by atoms with E-state index in [9.17, 15) is 18.0 Å². The van der Waals surface area contributed by atoms with Gasteiger partial charge in [0.2, 0.25) is 11.9 Å². The minimum absolute atomic E-state index is 0.0519. The van der Waals surface area contributed by atoms with Gasteiger partial charge in [-0.15, -0.1) is 0 Å². The number of carbonyl (C=O) groups is 2. The van der Waals surface area contributed by atoms with Crippen LogP contribution >= 0.6 is 0 Å². The maximum absolute atomic E-state index is 12.8. The highest BCUT2D eigenvalue weighted by molar-refractivity contribution is 7.90. The largest absolute Gasteiger partial charge is 0.464 e. The predicted molar refractivity (Wildman–Crippen MR) is 105 cm³/mol. The number of nitrogens with zero attached hydrogens (tertiary/aromatic N) is 3. The van der Waals surface area contributed by atoms with Crippen LogP contribution in [0.15, 0.2) is 23.1 Å². The summed E-state index contributed by atoms with van der Waals surface area (Å²) in [5.74, 6) is -0.878. The van der Waals surface area contributed by atoms with Gasteiger partial charge in [0.05, 0.1) is 12.2 Å². The Bertz CT molecular complexity index is 1090. The van der Waals surface area contributed by atoms with E-state index in [1.54, 1.807) is 27.0 Å². The number of nitrogens with one attached hydrogen (secondary N) is 3. The van der Waals surface area contributed by atoms with Crippen LogP contribution in [0.2, 0.25) is 0 Å². The molecule has 2 aromatic rings. The Balaban J connectivity index is 1.83. The van der Waals surface area contributed by atoms with Gasteiger partial charge in [-0.3, -0.25) is 5.32 Å². The van der Waals surface area contributed by atoms with E-state index in [0.29, 0.717) is 12.0 Å². The zero-order valence-electron chi connectivity index (χ0n) is 16.4. The fourth-order valence-electron chi connectivity index (χ4n) is 2.82. The van der Waals surface area contributed by atoms with Crippen LogP contribution in [0, 0.1) is 0 Å². The number of sulfonamides is 1. The van der Waals surface area contributed by atoms with Crippen LogP contribution in [0.1, 0.15) is 29.8 Å². The molecule has 0 fully saturated rings. The highest BCUT2D eigenvalue weighted by Crippen LogP contribution is 2.27. The van der Waals surface area contributed by atoms with Crippen molar-refractivity contribution in [3.63, 3.8) is 0 Å². The molecule has 2 amide bonds. The van der Waals surface area contributed by atoms with E-state index in [1.807, 2.05) is 4.72 Å². The SMILES string of the molecule is CCOc1nc(NC)nc(NC(=O)NS(=O)(=O)c2cccc3c2C(=O)OC(C)C3)n1. The van der Waals surface area contributed by atoms with Crippen molar-refractivity contribution in [1.29, 1.82) is 0 Å². The summed E-state index contributed by atoms with van der Waals surface area (Å²) in [6.45, 7) is 3.71. The lowest BCUT2D eigenvalue weighted by molar-refractivity contribution is 0.0295. The fraction of sp³-hybridized carbons (Fsp3) is 0.353. The summed E-state index contributed by atoms with van der Waals surface area (Å²) in [7, 11) is -2.83. The van der Waals surface area contributed by atoms with E-state index in [1.165, 1.54) is 12.1 Å². The first-order chi connectivity index (χ1) is 14.2. The third kappa shape index (κ3) is 4.56. The van der Waals surface area contributed by atoms with Crippen LogP contribution in [0.5, 0.6) is 6.01 Å². The molecule has 0 bridgehead atoms. The molecule has 1 aliphatic rings. The molecule has 0 spiro atoms. The van der Waals surface area contributed by atoms with Gasteiger partial charge in [-0.05, 0) is 25.5 Å². The quantitative estimate of drug-likeness (QED) is 0.555. The first-order valence-electron chi connectivity index (χ1n) is 8.96. The smallest absolute Gasteiger partial charge is 0.340 e. The molecule has 1 aromatic heterocycles. The van der Waals surface area contributed by atoms with Crippen LogP contribution in [0.4, 0.5) is 16.7 Å². The van der Waals surface area contributed by atoms with Gasteiger partial charge in [-0.2, -0.15) is 15.0 Å². The van der Waals surface area contributed by atoms with Gasteiger partial charge in [-0.25, -0.2) is 22.7 Å². The van der Waals surface area contributed by atoms with E-state index in [-0.39, 0.29) is 41.1 Å². The van der Waals surface area contributed by atoms with Gasteiger partial charge in [-0.1, -0.05) is 12.1 Å². The molecule has 0 saturated heterocycles. The Hall–Kier alpha value is -3.48. The van der Waals surface area contributed by atoms with Crippen LogP contribution in [-0.4, -0.2) is 55.1 Å². The van der Waals surface area contributed by atoms with E-state index < -0.39 is 22.0 Å². The molecule has 1 atom stereocenters. The number of amides is 2. The minimum Gasteiger partial charge on any atom is -0.464 e. The van der Waals surface area contributed by atoms with Gasteiger partial charge in [0.1, 0.15) is 11.0 Å². The fourth-order valence-corrected chi connectivity index (χ4v) is 3.96. The highest BCUT2D eigenvalue weighted by Gasteiger charge is 2.32. The summed E-state index contributed by atoms with van der Waals surface area (Å²) in [6.07, 6.45) is -0.00181. The number of rotatable bonds is 6. The van der Waals surface area contributed by atoms with Gasteiger partial charge in [0, 0.05) is 13.5 Å². The number of anilines is 2. The second-order valence-corrected chi connectivity index (χ2v) is 7.87. The second kappa shape index (κ2) is 8.49. The van der Waals surface area contributed by atoms with Gasteiger partial charge in [0.15, 0.2) is 0 Å². The Kier molecular flexibility index (Phi) is 6.01. The lowest BCUT2D eigenvalue weighted by Gasteiger charge is -2.23. The molecule has 160 valence electrons. The zero-order valence-corrected chi connectivity index (χ0v) is 17.2. The summed E-state index contributed by atoms with van der Waals surface area (Å²) >= 11 is 0. The van der Waals surface area contributed by atoms with Crippen molar-refractivity contribution in [1.82, 2.24) is 19.7 Å². The van der Waals surface area contributed by atoms with E-state index >= 15 is 0 Å². The molecule has 2 heterocycles. The molecule has 1 aromatic carbocycles. The molecule has 0 aliphatic carbocycles. The number of esters is 1. The number of aromatic nitrogens is 3. The standard InChI is InChI=1S/C17H20N6O6S/c1-4-28-17-21-14(18-3)19-15(22-17)20-16(25)23-30(26,27)11-7-5-6-10-8-9(2)29-13(24)12(10)11/h5-7,9H,4,8H2,1-3H3,(H3,18,19,20,21,22,23,25). The van der Waals surface area contributed by atoms with Crippen molar-refractivity contribution in [2.45, 2.75) is 31.3 Å². The Morgan fingerprint density at radius 1 is 1.27 bits per heavy atom. The minimum atomic E-state index is -4.39. The number of cyclic esters (lactones) is 1. The normalized spacial score (nSPS) is 15.6. The molecule has 3 rings (SSSR count). The van der Waals surface area contributed by atoms with Crippen molar-refractivity contribution in [2.24, 2.45) is 0 Å². The summed E-state index contributed by atoms with van der Waals surface area (Å²) in [5, 5.41) is 4.88. The number of carbonyl (C=O) groups excluding carboxylic acids is 2. The van der Waals surface area contributed by atoms with Crippen LogP contribution in [-0.2, 0) is 21.2 Å². The zero-order chi connectivity index (χ0) is 21.9. The monoisotopic (exact) mass is 436 g/mol. The number of benzene rings is 1. The van der Waals surface area contributed by atoms with Crippen molar-refractivity contribution >= 4 is 33.9 Å². The number of urea groups is 1. The molecule has 3 N–H and O–H groups in total. The van der Waals surface area contributed by atoms with Crippen molar-refractivity contribution in [3.05, 3.63) is 29.3 Å². The second-order valence-electron chi connectivity index (χ2n) is 6.22. The van der Waals surface area contributed by atoms with Crippen molar-refractivity contribution in [2.75, 3.05) is 24.3 Å². The first kappa shape index (κ1) is 21.2. The Labute approximate surface area is 172 Å². The van der Waals surface area contributed by atoms with Crippen LogP contribution < -0.4 is 20.1 Å². The van der Waals surface area contributed by atoms with Crippen molar-refractivity contribution in [3.8, 4) is 6.01 Å². The lowest BCUT2D eigenvalue weighted by atomic mass is 9.99. The van der Waals surface area contributed by atoms with E-state index in [4.69, 9.17) is 9.47 Å². The van der Waals surface area contributed by atoms with Crippen LogP contribution in [0.3, 0.4) is 0 Å². The number of fused-ring (bicyclic) bond motifs is 1. The van der Waals surface area contributed by atoms with Crippen molar-refractivity contribution < 1.29 is 27.5 Å². The average molecular weight is 436 g/mol. The Morgan fingerprint density at radius 3 is 2.70 bits per heavy atom. The summed E-state index contributed by atoms with van der Waals surface area (Å²) in [6, 6.07) is 3.19. The van der Waals surface area contributed by atoms with E-state index in [2.05, 4.69) is 25.6 Å². The number of ether oxygens (including phenoxy) is 2. The molecular formula is C17H20N6O6S. The Morgan fingerprint density at radius 2 is 2.00 bits per heavy atom. The molecule has 1 unspecified atom stereocenters. The lowest BCUT2D eigenvalue weighted by Crippen LogP contribution is -2.37. The summed E-state index contributed by atoms with van der Waals surface area (Å²) in [4.78, 5) is 35.9. The molecular weight excluding hydrogens is 416 g/mol. The van der Waals surface area contributed by atoms with Gasteiger partial charge in [0.25, 0.3) is 10.0 Å². The average Bonchev–Trinajstić information content (AvgIpc) is 2.66. The third-order valence-electron chi connectivity index (χ3n) is 3.99. The topological polar surface area (TPSA) is 162 Å². The molecule has 13 heteroatoms. The molecule has 30 heavy (non-hydrogen) atoms. The summed E-state index contributed by atoms with van der Waals surface area (Å²) in [5.41, 5.74) is 0.437. The predicted octanol–water partition coefficient (Wildman–Crippen LogP) is 0.924. The highest BCUT2D eigenvalue weighted by atomic mass is 32.2. The molecule has 0 saturated carbocycles. The van der Waals surface area contributed by atoms with Gasteiger partial charge >= 0.3 is 18.0 Å². The molecule has 12 nitrogen and oxygen atoms in total. The molecule has 0 radical (unpaired) electrons. The first-order valence-corrected chi connectivity index (χ1v) is 10.4. The number of hydrogen-bond acceptors (Lipinski definition) is 10. The maximum atomic E-state index is 12.8. The maximum Gasteiger partial charge on any atom is 0.340 e. The van der Waals surface area contributed by atoms with E-state index in [0.717, 1.165) is 0 Å². The third-order valence-corrected chi connectivity index (χ3v) is 5.36. The van der Waals surface area contributed by atoms with Gasteiger partial charge < -0.3 is 14.8 Å². The summed E-state index contributed by atoms with van der Waals surface area (Å²) < 4.78 is 37.7.